The summed E-state index contributed by atoms with van der Waals surface area (Å²) in [6, 6.07) is 0. The third kappa shape index (κ3) is 31.6. The van der Waals surface area contributed by atoms with Gasteiger partial charge in [-0.25, -0.2) is 0 Å². The van der Waals surface area contributed by atoms with Gasteiger partial charge in [0.25, 0.3) is 0 Å². The van der Waals surface area contributed by atoms with Gasteiger partial charge in [0, 0.05) is 19.3 Å². The topological polar surface area (TPSA) is 90.9 Å². The summed E-state index contributed by atoms with van der Waals surface area (Å²) >= 11 is 0. The second-order valence-electron chi connectivity index (χ2n) is 16.9. The highest BCUT2D eigenvalue weighted by Gasteiger charge is 2.17. The molecule has 2 atom stereocenters. The lowest BCUT2D eigenvalue weighted by Gasteiger charge is -2.21. The Morgan fingerprint density at radius 1 is 0.451 bits per heavy atom. The van der Waals surface area contributed by atoms with E-state index in [0.29, 0.717) is 68.0 Å². The number of unbranched alkanes of at least 4 members (excludes halogenated alkanes) is 8. The van der Waals surface area contributed by atoms with Crippen molar-refractivity contribution >= 4 is 17.9 Å². The zero-order valence-electron chi connectivity index (χ0n) is 35.2. The molecule has 0 spiro atoms. The molecule has 0 bridgehead atoms. The molecule has 51 heavy (non-hydrogen) atoms. The summed E-state index contributed by atoms with van der Waals surface area (Å²) in [5.74, 6) is 3.70. The quantitative estimate of drug-likeness (QED) is 0.0395. The van der Waals surface area contributed by atoms with Gasteiger partial charge in [-0.05, 0) is 120 Å². The minimum absolute atomic E-state index is 0.0255. The number of hydrogen-bond acceptors (Lipinski definition) is 7. The molecule has 0 saturated carbocycles. The minimum atomic E-state index is -0.0912. The molecule has 7 nitrogen and oxygen atoms in total. The molecule has 0 aliphatic carbocycles. The summed E-state index contributed by atoms with van der Waals surface area (Å²) in [6.45, 7) is 20.1. The molecular formula is C44H85NO6. The van der Waals surface area contributed by atoms with Crippen LogP contribution in [0.25, 0.3) is 0 Å². The van der Waals surface area contributed by atoms with E-state index in [4.69, 9.17) is 14.2 Å². The van der Waals surface area contributed by atoms with Crippen LogP contribution in [0.1, 0.15) is 197 Å². The van der Waals surface area contributed by atoms with Gasteiger partial charge in [0.05, 0.1) is 13.2 Å². The third-order valence-electron chi connectivity index (χ3n) is 10.5. The first kappa shape index (κ1) is 49.4. The maximum Gasteiger partial charge on any atom is 0.306 e. The molecule has 0 fully saturated rings. The van der Waals surface area contributed by atoms with E-state index in [-0.39, 0.29) is 24.0 Å². The van der Waals surface area contributed by atoms with Crippen molar-refractivity contribution in [3.8, 4) is 0 Å². The number of ether oxygens (including phenoxy) is 3. The molecule has 7 heteroatoms. The number of carbonyl (C=O) groups is 3. The van der Waals surface area contributed by atoms with Crippen molar-refractivity contribution in [2.45, 2.75) is 203 Å². The highest BCUT2D eigenvalue weighted by atomic mass is 16.5. The van der Waals surface area contributed by atoms with E-state index in [1.165, 1.54) is 25.7 Å². The van der Waals surface area contributed by atoms with Crippen LogP contribution in [0.15, 0.2) is 0 Å². The first-order valence-electron chi connectivity index (χ1n) is 21.5. The fourth-order valence-electron chi connectivity index (χ4n) is 6.77. The Hall–Kier alpha value is -1.63. The van der Waals surface area contributed by atoms with E-state index in [9.17, 15) is 14.4 Å². The number of esters is 3. The molecule has 0 saturated heterocycles. The maximum atomic E-state index is 12.5. The van der Waals surface area contributed by atoms with Crippen LogP contribution in [-0.2, 0) is 28.6 Å². The molecule has 0 aliphatic rings. The summed E-state index contributed by atoms with van der Waals surface area (Å²) in [6.07, 6.45) is 21.0. The van der Waals surface area contributed by atoms with Crippen LogP contribution in [0, 0.1) is 35.5 Å². The Morgan fingerprint density at radius 2 is 0.843 bits per heavy atom. The smallest absolute Gasteiger partial charge is 0.306 e. The predicted molar refractivity (Wildman–Crippen MR) is 214 cm³/mol. The minimum Gasteiger partial charge on any atom is -0.466 e. The van der Waals surface area contributed by atoms with E-state index in [0.717, 1.165) is 103 Å². The van der Waals surface area contributed by atoms with Gasteiger partial charge in [-0.15, -0.1) is 0 Å². The first-order chi connectivity index (χ1) is 24.3. The van der Waals surface area contributed by atoms with Crippen molar-refractivity contribution in [2.75, 3.05) is 26.8 Å². The first-order valence-corrected chi connectivity index (χ1v) is 21.5. The predicted octanol–water partition coefficient (Wildman–Crippen LogP) is 11.6. The maximum absolute atomic E-state index is 12.5. The van der Waals surface area contributed by atoms with Gasteiger partial charge in [0.15, 0.2) is 0 Å². The molecule has 0 aromatic heterocycles. The summed E-state index contributed by atoms with van der Waals surface area (Å²) in [4.78, 5) is 37.0. The van der Waals surface area contributed by atoms with Gasteiger partial charge in [-0.2, -0.15) is 0 Å². The average Bonchev–Trinajstić information content (AvgIpc) is 3.06. The molecule has 0 aromatic carbocycles. The van der Waals surface area contributed by atoms with E-state index < -0.39 is 0 Å². The summed E-state index contributed by atoms with van der Waals surface area (Å²) in [5, 5.41) is 3.09. The van der Waals surface area contributed by atoms with Crippen LogP contribution in [0.2, 0.25) is 0 Å². The van der Waals surface area contributed by atoms with Gasteiger partial charge in [0.2, 0.25) is 0 Å². The Morgan fingerprint density at radius 3 is 1.24 bits per heavy atom. The SMILES string of the molecule is CNCCCC(=O)OC(CCCCCCCC(=O)OCCC(CCC(C)C)C(C)C)CCCCCCCC(=O)OCCC(CCC(C)C)C(C)C. The van der Waals surface area contributed by atoms with E-state index in [1.807, 2.05) is 7.05 Å². The van der Waals surface area contributed by atoms with Crippen molar-refractivity contribution in [1.29, 1.82) is 0 Å². The lowest BCUT2D eigenvalue weighted by molar-refractivity contribution is -0.150. The van der Waals surface area contributed by atoms with Gasteiger partial charge < -0.3 is 19.5 Å². The summed E-state index contributed by atoms with van der Waals surface area (Å²) in [5.41, 5.74) is 0. The lowest BCUT2D eigenvalue weighted by Crippen LogP contribution is -2.19. The highest BCUT2D eigenvalue weighted by molar-refractivity contribution is 5.70. The molecule has 302 valence electrons. The Balaban J connectivity index is 4.25. The largest absolute Gasteiger partial charge is 0.466 e. The average molecular weight is 724 g/mol. The molecule has 0 amide bonds. The normalized spacial score (nSPS) is 13.6. The highest BCUT2D eigenvalue weighted by Crippen LogP contribution is 2.25. The zero-order chi connectivity index (χ0) is 38.3. The summed E-state index contributed by atoms with van der Waals surface area (Å²) in [7, 11) is 1.90. The molecule has 0 rings (SSSR count). The van der Waals surface area contributed by atoms with Crippen molar-refractivity contribution in [2.24, 2.45) is 35.5 Å². The van der Waals surface area contributed by atoms with Gasteiger partial charge in [-0.1, -0.05) is 107 Å². The molecular weight excluding hydrogens is 638 g/mol. The van der Waals surface area contributed by atoms with Crippen LogP contribution < -0.4 is 5.32 Å². The number of nitrogens with one attached hydrogen (secondary N) is 1. The van der Waals surface area contributed by atoms with E-state index in [2.05, 4.69) is 60.7 Å². The zero-order valence-corrected chi connectivity index (χ0v) is 35.2. The Bertz CT molecular complexity index is 785. The van der Waals surface area contributed by atoms with Crippen LogP contribution in [0.3, 0.4) is 0 Å². The van der Waals surface area contributed by atoms with Crippen molar-refractivity contribution in [1.82, 2.24) is 5.32 Å². The number of rotatable bonds is 35. The van der Waals surface area contributed by atoms with Gasteiger partial charge >= 0.3 is 17.9 Å². The van der Waals surface area contributed by atoms with Crippen LogP contribution in [-0.4, -0.2) is 50.8 Å². The Kier molecular flexibility index (Phi) is 31.9. The van der Waals surface area contributed by atoms with E-state index >= 15 is 0 Å². The fraction of sp³-hybridized carbons (Fsp3) is 0.932. The molecule has 0 aliphatic heterocycles. The van der Waals surface area contributed by atoms with Crippen LogP contribution in [0.5, 0.6) is 0 Å². The molecule has 0 heterocycles. The van der Waals surface area contributed by atoms with Gasteiger partial charge in [0.1, 0.15) is 6.10 Å². The van der Waals surface area contributed by atoms with Crippen LogP contribution in [0.4, 0.5) is 0 Å². The monoisotopic (exact) mass is 724 g/mol. The van der Waals surface area contributed by atoms with Gasteiger partial charge in [-0.3, -0.25) is 14.4 Å². The van der Waals surface area contributed by atoms with Crippen LogP contribution >= 0.6 is 0 Å². The van der Waals surface area contributed by atoms with Crippen molar-refractivity contribution in [3.05, 3.63) is 0 Å². The van der Waals surface area contributed by atoms with Crippen molar-refractivity contribution in [3.63, 3.8) is 0 Å². The molecule has 0 aromatic rings. The molecule has 2 unspecified atom stereocenters. The number of hydrogen-bond donors (Lipinski definition) is 1. The lowest BCUT2D eigenvalue weighted by atomic mass is 9.86. The fourth-order valence-corrected chi connectivity index (χ4v) is 6.77. The standard InChI is InChI=1S/C44H85NO6/c1-35(2)26-28-39(37(5)6)30-33-49-42(46)23-18-14-10-12-16-21-41(51-44(48)25-20-32-45-9)22-17-13-11-15-19-24-43(47)50-34-31-40(38(7)8)29-27-36(3)4/h35-41,45H,10-34H2,1-9H3. The molecule has 0 radical (unpaired) electrons. The Labute approximate surface area is 316 Å². The molecule has 1 N–H and O–H groups in total. The van der Waals surface area contributed by atoms with E-state index in [1.54, 1.807) is 0 Å². The second-order valence-corrected chi connectivity index (χ2v) is 16.9. The summed E-state index contributed by atoms with van der Waals surface area (Å²) < 4.78 is 17.1. The number of carbonyl (C=O) groups excluding carboxylic acids is 3. The van der Waals surface area contributed by atoms with Crippen molar-refractivity contribution < 1.29 is 28.6 Å². The third-order valence-corrected chi connectivity index (χ3v) is 10.5. The second kappa shape index (κ2) is 33.0.